The molecule has 0 spiro atoms. The Balaban J connectivity index is 2.04. The number of carbonyl (C=O) groups is 2. The van der Waals surface area contributed by atoms with Crippen molar-refractivity contribution in [2.45, 2.75) is 20.0 Å². The Morgan fingerprint density at radius 1 is 1.25 bits per heavy atom. The van der Waals surface area contributed by atoms with E-state index in [4.69, 9.17) is 21.6 Å². The fraction of sp³-hybridized carbons (Fsp3) is 0.167. The largest absolute Gasteiger partial charge is 0.449 e. The molecule has 6 heteroatoms. The van der Waals surface area contributed by atoms with Crippen molar-refractivity contribution in [1.82, 2.24) is 0 Å². The third-order valence-corrected chi connectivity index (χ3v) is 3.82. The van der Waals surface area contributed by atoms with E-state index in [-0.39, 0.29) is 5.56 Å². The van der Waals surface area contributed by atoms with Crippen molar-refractivity contribution in [3.05, 3.63) is 64.2 Å². The number of nitrogens with zero attached hydrogens (tertiary/aromatic N) is 1. The Morgan fingerprint density at radius 3 is 2.67 bits per heavy atom. The molecule has 0 saturated carbocycles. The lowest BCUT2D eigenvalue weighted by Crippen LogP contribution is -2.30. The minimum atomic E-state index is -0.998. The van der Waals surface area contributed by atoms with Crippen molar-refractivity contribution in [2.75, 3.05) is 5.32 Å². The number of carbonyl (C=O) groups excluding carboxylic acids is 2. The van der Waals surface area contributed by atoms with Crippen LogP contribution >= 0.6 is 11.6 Å². The van der Waals surface area contributed by atoms with Gasteiger partial charge >= 0.3 is 5.97 Å². The van der Waals surface area contributed by atoms with E-state index in [0.717, 1.165) is 5.56 Å². The van der Waals surface area contributed by atoms with Crippen LogP contribution < -0.4 is 5.32 Å². The van der Waals surface area contributed by atoms with Crippen molar-refractivity contribution in [3.63, 3.8) is 0 Å². The van der Waals surface area contributed by atoms with E-state index in [1.807, 2.05) is 6.07 Å². The van der Waals surface area contributed by atoms with Crippen molar-refractivity contribution in [3.8, 4) is 6.07 Å². The van der Waals surface area contributed by atoms with E-state index in [1.54, 1.807) is 37.3 Å². The van der Waals surface area contributed by atoms with Crippen LogP contribution in [0.1, 0.15) is 28.4 Å². The predicted molar refractivity (Wildman–Crippen MR) is 90.9 cm³/mol. The van der Waals surface area contributed by atoms with Crippen molar-refractivity contribution < 1.29 is 14.3 Å². The molecule has 0 aromatic heterocycles. The maximum atomic E-state index is 12.2. The number of nitriles is 1. The van der Waals surface area contributed by atoms with Crippen LogP contribution in [0.4, 0.5) is 5.69 Å². The normalized spacial score (nSPS) is 11.2. The third kappa shape index (κ3) is 4.12. The first kappa shape index (κ1) is 17.5. The first-order chi connectivity index (χ1) is 11.4. The summed E-state index contributed by atoms with van der Waals surface area (Å²) >= 11 is 6.01. The highest BCUT2D eigenvalue weighted by molar-refractivity contribution is 6.31. The smallest absolute Gasteiger partial charge is 0.338 e. The summed E-state index contributed by atoms with van der Waals surface area (Å²) in [6.45, 7) is 3.25. The van der Waals surface area contributed by atoms with Crippen LogP contribution in [0.5, 0.6) is 0 Å². The Hall–Kier alpha value is -2.84. The van der Waals surface area contributed by atoms with Crippen LogP contribution in [0.2, 0.25) is 5.02 Å². The van der Waals surface area contributed by atoms with Gasteiger partial charge in [-0.2, -0.15) is 5.26 Å². The molecule has 1 amide bonds. The highest BCUT2D eigenvalue weighted by atomic mass is 35.5. The second kappa shape index (κ2) is 7.62. The van der Waals surface area contributed by atoms with E-state index in [9.17, 15) is 9.59 Å². The van der Waals surface area contributed by atoms with Gasteiger partial charge in [0.15, 0.2) is 6.10 Å². The number of anilines is 1. The van der Waals surface area contributed by atoms with E-state index in [1.165, 1.54) is 19.1 Å². The number of rotatable bonds is 4. The van der Waals surface area contributed by atoms with Gasteiger partial charge in [0, 0.05) is 10.7 Å². The van der Waals surface area contributed by atoms with Gasteiger partial charge in [-0.3, -0.25) is 4.79 Å². The highest BCUT2D eigenvalue weighted by Crippen LogP contribution is 2.23. The van der Waals surface area contributed by atoms with E-state index in [2.05, 4.69) is 5.32 Å². The zero-order valence-electron chi connectivity index (χ0n) is 13.2. The molecule has 122 valence electrons. The van der Waals surface area contributed by atoms with Gasteiger partial charge in [0.2, 0.25) is 0 Å². The topological polar surface area (TPSA) is 79.2 Å². The summed E-state index contributed by atoms with van der Waals surface area (Å²) in [4.78, 5) is 24.3. The molecular weight excluding hydrogens is 328 g/mol. The van der Waals surface area contributed by atoms with Gasteiger partial charge < -0.3 is 10.1 Å². The first-order valence-electron chi connectivity index (χ1n) is 7.19. The fourth-order valence-electron chi connectivity index (χ4n) is 1.98. The molecule has 0 heterocycles. The second-order valence-electron chi connectivity index (χ2n) is 5.14. The van der Waals surface area contributed by atoms with Gasteiger partial charge in [0.1, 0.15) is 0 Å². The lowest BCUT2D eigenvalue weighted by molar-refractivity contribution is -0.123. The number of esters is 1. The summed E-state index contributed by atoms with van der Waals surface area (Å²) < 4.78 is 5.15. The number of amides is 1. The highest BCUT2D eigenvalue weighted by Gasteiger charge is 2.20. The molecular formula is C18H15ClN2O3. The van der Waals surface area contributed by atoms with Gasteiger partial charge in [0.25, 0.3) is 5.91 Å². The number of nitrogens with one attached hydrogen (secondary N) is 1. The zero-order chi connectivity index (χ0) is 17.7. The predicted octanol–water partition coefficient (Wildman–Crippen LogP) is 3.70. The van der Waals surface area contributed by atoms with Crippen LogP contribution in [0.3, 0.4) is 0 Å². The molecule has 0 unspecified atom stereocenters. The molecule has 1 atom stereocenters. The maximum Gasteiger partial charge on any atom is 0.338 e. The van der Waals surface area contributed by atoms with Gasteiger partial charge in [-0.1, -0.05) is 23.7 Å². The number of halogens is 1. The van der Waals surface area contributed by atoms with Crippen LogP contribution in [0, 0.1) is 18.3 Å². The second-order valence-corrected chi connectivity index (χ2v) is 5.55. The summed E-state index contributed by atoms with van der Waals surface area (Å²) in [6.07, 6.45) is -0.998. The summed E-state index contributed by atoms with van der Waals surface area (Å²) in [6, 6.07) is 13.2. The number of ether oxygens (including phenoxy) is 1. The van der Waals surface area contributed by atoms with E-state index < -0.39 is 18.0 Å². The van der Waals surface area contributed by atoms with E-state index in [0.29, 0.717) is 16.3 Å². The van der Waals surface area contributed by atoms with E-state index >= 15 is 0 Å². The zero-order valence-corrected chi connectivity index (χ0v) is 13.9. The molecule has 0 aliphatic carbocycles. The Labute approximate surface area is 144 Å². The molecule has 0 aliphatic rings. The molecule has 0 fully saturated rings. The first-order valence-corrected chi connectivity index (χ1v) is 7.57. The molecule has 0 bridgehead atoms. The van der Waals surface area contributed by atoms with Gasteiger partial charge in [-0.25, -0.2) is 4.79 Å². The van der Waals surface area contributed by atoms with Gasteiger partial charge in [-0.05, 0) is 49.7 Å². The lowest BCUT2D eigenvalue weighted by atomic mass is 10.1. The quantitative estimate of drug-likeness (QED) is 0.859. The lowest BCUT2D eigenvalue weighted by Gasteiger charge is -2.15. The van der Waals surface area contributed by atoms with Crippen molar-refractivity contribution in [2.24, 2.45) is 0 Å². The molecule has 0 saturated heterocycles. The third-order valence-electron chi connectivity index (χ3n) is 3.41. The Kier molecular flexibility index (Phi) is 5.56. The van der Waals surface area contributed by atoms with Gasteiger partial charge in [0.05, 0.1) is 17.2 Å². The average molecular weight is 343 g/mol. The molecule has 2 aromatic carbocycles. The molecule has 1 N–H and O–H groups in total. The Morgan fingerprint density at radius 2 is 1.96 bits per heavy atom. The van der Waals surface area contributed by atoms with Crippen LogP contribution in [-0.4, -0.2) is 18.0 Å². The number of hydrogen-bond acceptors (Lipinski definition) is 4. The summed E-state index contributed by atoms with van der Waals surface area (Å²) in [5.41, 5.74) is 1.85. The molecule has 2 aromatic rings. The average Bonchev–Trinajstić information content (AvgIpc) is 2.58. The summed E-state index contributed by atoms with van der Waals surface area (Å²) in [7, 11) is 0. The fourth-order valence-corrected chi connectivity index (χ4v) is 2.15. The van der Waals surface area contributed by atoms with Crippen LogP contribution in [0.25, 0.3) is 0 Å². The molecule has 0 radical (unpaired) electrons. The molecule has 24 heavy (non-hydrogen) atoms. The Bertz CT molecular complexity index is 827. The SMILES string of the molecule is Cc1c(Cl)cccc1NC(=O)[C@H](C)OC(=O)c1cccc(C#N)c1. The minimum absolute atomic E-state index is 0.215. The van der Waals surface area contributed by atoms with Crippen LogP contribution in [-0.2, 0) is 9.53 Å². The molecule has 5 nitrogen and oxygen atoms in total. The summed E-state index contributed by atoms with van der Waals surface area (Å²) in [5.74, 6) is -1.14. The standard InChI is InChI=1S/C18H15ClN2O3/c1-11-15(19)7-4-8-16(11)21-17(22)12(2)24-18(23)14-6-3-5-13(9-14)10-20/h3-9,12H,1-2H3,(H,21,22)/t12-/m0/s1. The van der Waals surface area contributed by atoms with Crippen molar-refractivity contribution >= 4 is 29.2 Å². The minimum Gasteiger partial charge on any atom is -0.449 e. The van der Waals surface area contributed by atoms with Crippen LogP contribution in [0.15, 0.2) is 42.5 Å². The summed E-state index contributed by atoms with van der Waals surface area (Å²) in [5, 5.41) is 12.1. The molecule has 2 rings (SSSR count). The monoisotopic (exact) mass is 342 g/mol. The van der Waals surface area contributed by atoms with Gasteiger partial charge in [-0.15, -0.1) is 0 Å². The number of hydrogen-bond donors (Lipinski definition) is 1. The molecule has 0 aliphatic heterocycles. The van der Waals surface area contributed by atoms with Crippen molar-refractivity contribution in [1.29, 1.82) is 5.26 Å². The number of benzene rings is 2. The maximum absolute atomic E-state index is 12.2.